The molecule has 1 N–H and O–H groups in total. The number of aromatic nitrogens is 2. The first-order valence-electron chi connectivity index (χ1n) is 5.45. The molecule has 19 heavy (non-hydrogen) atoms. The summed E-state index contributed by atoms with van der Waals surface area (Å²) in [6, 6.07) is 1.90. The van der Waals surface area contributed by atoms with Gasteiger partial charge in [-0.05, 0) is 43.8 Å². The maximum absolute atomic E-state index is 10.6. The highest BCUT2D eigenvalue weighted by atomic mass is 79.9. The number of halogens is 2. The summed E-state index contributed by atoms with van der Waals surface area (Å²) in [4.78, 5) is 10.6. The monoisotopic (exact) mass is 408 g/mol. The molecule has 1 atom stereocenters. The summed E-state index contributed by atoms with van der Waals surface area (Å²) in [7, 11) is 0. The van der Waals surface area contributed by atoms with Crippen molar-refractivity contribution in [1.82, 2.24) is 10.2 Å². The Labute approximate surface area is 130 Å². The zero-order chi connectivity index (χ0) is 14.0. The minimum Gasteiger partial charge on any atom is -0.481 e. The Morgan fingerprint density at radius 3 is 2.84 bits per heavy atom. The molecule has 0 saturated carbocycles. The van der Waals surface area contributed by atoms with Crippen LogP contribution in [0.15, 0.2) is 18.1 Å². The summed E-state index contributed by atoms with van der Waals surface area (Å²) in [5, 5.41) is 16.6. The van der Waals surface area contributed by atoms with Crippen molar-refractivity contribution < 1.29 is 14.3 Å². The van der Waals surface area contributed by atoms with Gasteiger partial charge in [0.25, 0.3) is 0 Å². The zero-order valence-electron chi connectivity index (χ0n) is 9.89. The summed E-state index contributed by atoms with van der Waals surface area (Å²) in [5.74, 6) is 0.0320. The quantitative estimate of drug-likeness (QED) is 0.808. The lowest BCUT2D eigenvalue weighted by Crippen LogP contribution is -2.07. The lowest BCUT2D eigenvalue weighted by Gasteiger charge is -2.03. The third kappa shape index (κ3) is 3.87. The van der Waals surface area contributed by atoms with E-state index in [1.165, 1.54) is 11.3 Å². The molecule has 0 aromatic carbocycles. The van der Waals surface area contributed by atoms with Crippen LogP contribution in [0.25, 0.3) is 11.5 Å². The molecule has 5 nitrogen and oxygen atoms in total. The van der Waals surface area contributed by atoms with E-state index >= 15 is 0 Å². The number of aliphatic carboxylic acids is 1. The third-order valence-corrected chi connectivity index (χ3v) is 4.74. The molecule has 8 heteroatoms. The Bertz CT molecular complexity index is 597. The van der Waals surface area contributed by atoms with Crippen molar-refractivity contribution in [1.29, 1.82) is 0 Å². The number of carboxylic acids is 1. The highest BCUT2D eigenvalue weighted by molar-refractivity contribution is 9.12. The smallest absolute Gasteiger partial charge is 0.303 e. The van der Waals surface area contributed by atoms with Gasteiger partial charge < -0.3 is 9.52 Å². The van der Waals surface area contributed by atoms with E-state index in [0.717, 1.165) is 13.1 Å². The number of carbonyl (C=O) groups is 1. The van der Waals surface area contributed by atoms with Gasteiger partial charge in [0, 0.05) is 12.8 Å². The molecule has 2 aromatic heterocycles. The summed E-state index contributed by atoms with van der Waals surface area (Å²) < 4.78 is 7.43. The second kappa shape index (κ2) is 6.15. The predicted octanol–water partition coefficient (Wildman–Crippen LogP) is 3.98. The van der Waals surface area contributed by atoms with E-state index in [9.17, 15) is 4.79 Å². The van der Waals surface area contributed by atoms with Crippen molar-refractivity contribution in [3.8, 4) is 11.5 Å². The second-order valence-corrected chi connectivity index (χ2v) is 7.90. The van der Waals surface area contributed by atoms with Gasteiger partial charge >= 0.3 is 5.97 Å². The Kier molecular flexibility index (Phi) is 4.75. The highest BCUT2D eigenvalue weighted by Crippen LogP contribution is 2.37. The van der Waals surface area contributed by atoms with Crippen LogP contribution in [0.1, 0.15) is 19.2 Å². The second-order valence-electron chi connectivity index (χ2n) is 4.15. The van der Waals surface area contributed by atoms with E-state index in [1.54, 1.807) is 0 Å². The molecule has 0 amide bonds. The number of carboxylic acid groups (broad SMARTS) is 1. The molecule has 1 unspecified atom stereocenters. The van der Waals surface area contributed by atoms with E-state index in [-0.39, 0.29) is 12.3 Å². The van der Waals surface area contributed by atoms with E-state index in [1.807, 2.05) is 13.0 Å². The van der Waals surface area contributed by atoms with Crippen LogP contribution in [0.4, 0.5) is 0 Å². The van der Waals surface area contributed by atoms with E-state index in [0.29, 0.717) is 18.2 Å². The predicted molar refractivity (Wildman–Crippen MR) is 78.1 cm³/mol. The molecule has 0 aliphatic carbocycles. The van der Waals surface area contributed by atoms with Crippen LogP contribution in [0.2, 0.25) is 0 Å². The van der Waals surface area contributed by atoms with Gasteiger partial charge in [-0.15, -0.1) is 21.5 Å². The van der Waals surface area contributed by atoms with Gasteiger partial charge in [0.1, 0.15) is 0 Å². The zero-order valence-corrected chi connectivity index (χ0v) is 13.9. The van der Waals surface area contributed by atoms with E-state index in [2.05, 4.69) is 42.1 Å². The normalized spacial score (nSPS) is 12.6. The number of rotatable bonds is 5. The molecule has 0 aliphatic rings. The van der Waals surface area contributed by atoms with Gasteiger partial charge in [-0.2, -0.15) is 0 Å². The fourth-order valence-corrected chi connectivity index (χ4v) is 4.38. The number of thiophene rings is 1. The molecule has 2 aromatic rings. The maximum Gasteiger partial charge on any atom is 0.303 e. The molecular weight excluding hydrogens is 400 g/mol. The molecule has 0 fully saturated rings. The lowest BCUT2D eigenvalue weighted by molar-refractivity contribution is -0.137. The van der Waals surface area contributed by atoms with Gasteiger partial charge in [0.05, 0.1) is 13.1 Å². The average molecular weight is 410 g/mol. The lowest BCUT2D eigenvalue weighted by atomic mass is 10.0. The van der Waals surface area contributed by atoms with Crippen LogP contribution < -0.4 is 0 Å². The summed E-state index contributed by atoms with van der Waals surface area (Å²) >= 11 is 8.34. The van der Waals surface area contributed by atoms with E-state index < -0.39 is 5.97 Å². The maximum atomic E-state index is 10.6. The first-order chi connectivity index (χ1) is 8.95. The molecule has 0 saturated heterocycles. The average Bonchev–Trinajstić information content (AvgIpc) is 2.84. The van der Waals surface area contributed by atoms with Crippen molar-refractivity contribution >= 4 is 49.2 Å². The van der Waals surface area contributed by atoms with Crippen molar-refractivity contribution in [2.24, 2.45) is 5.92 Å². The van der Waals surface area contributed by atoms with Gasteiger partial charge in [0.15, 0.2) is 0 Å². The topological polar surface area (TPSA) is 76.2 Å². The minimum atomic E-state index is -0.822. The van der Waals surface area contributed by atoms with Crippen LogP contribution in [0, 0.1) is 5.92 Å². The number of hydrogen-bond acceptors (Lipinski definition) is 5. The van der Waals surface area contributed by atoms with Crippen LogP contribution in [0.5, 0.6) is 0 Å². The van der Waals surface area contributed by atoms with Gasteiger partial charge in [-0.3, -0.25) is 4.79 Å². The van der Waals surface area contributed by atoms with Gasteiger partial charge in [-0.1, -0.05) is 6.92 Å². The molecule has 0 spiro atoms. The number of nitrogens with zero attached hydrogens (tertiary/aromatic N) is 2. The van der Waals surface area contributed by atoms with Crippen LogP contribution in [0.3, 0.4) is 0 Å². The summed E-state index contributed by atoms with van der Waals surface area (Å²) in [5.41, 5.74) is 0.835. The Morgan fingerprint density at radius 1 is 1.53 bits per heavy atom. The fraction of sp³-hybridized carbons (Fsp3) is 0.364. The molecule has 0 bridgehead atoms. The minimum absolute atomic E-state index is 0.0385. The Morgan fingerprint density at radius 2 is 2.26 bits per heavy atom. The van der Waals surface area contributed by atoms with Gasteiger partial charge in [-0.25, -0.2) is 0 Å². The standard InChI is InChI=1S/C11H10Br2N2O3S/c1-5(3-9(16)17)2-8-14-15-11(18-8)6-4-7(12)19-10(6)13/h4-5H,2-3H2,1H3,(H,16,17). The number of hydrogen-bond donors (Lipinski definition) is 1. The van der Waals surface area contributed by atoms with Crippen molar-refractivity contribution in [2.45, 2.75) is 19.8 Å². The molecular formula is C11H10Br2N2O3S. The molecule has 102 valence electrons. The third-order valence-electron chi connectivity index (χ3n) is 2.40. The van der Waals surface area contributed by atoms with Crippen LogP contribution in [-0.2, 0) is 11.2 Å². The largest absolute Gasteiger partial charge is 0.481 e. The van der Waals surface area contributed by atoms with Crippen molar-refractivity contribution in [2.75, 3.05) is 0 Å². The van der Waals surface area contributed by atoms with Gasteiger partial charge in [0.2, 0.25) is 11.8 Å². The summed E-state index contributed by atoms with van der Waals surface area (Å²) in [6.07, 6.45) is 0.549. The fourth-order valence-electron chi connectivity index (χ4n) is 1.60. The van der Waals surface area contributed by atoms with Crippen molar-refractivity contribution in [3.05, 3.63) is 19.5 Å². The molecule has 2 rings (SSSR count). The molecule has 0 radical (unpaired) electrons. The van der Waals surface area contributed by atoms with Crippen LogP contribution in [-0.4, -0.2) is 21.3 Å². The molecule has 2 heterocycles. The Hall–Kier alpha value is -0.730. The summed E-state index contributed by atoms with van der Waals surface area (Å²) in [6.45, 7) is 1.84. The Balaban J connectivity index is 2.11. The van der Waals surface area contributed by atoms with Crippen molar-refractivity contribution in [3.63, 3.8) is 0 Å². The molecule has 0 aliphatic heterocycles. The first kappa shape index (κ1) is 14.7. The van der Waals surface area contributed by atoms with Crippen LogP contribution >= 0.6 is 43.2 Å². The highest BCUT2D eigenvalue weighted by Gasteiger charge is 2.17. The van der Waals surface area contributed by atoms with E-state index in [4.69, 9.17) is 9.52 Å². The SMILES string of the molecule is CC(CC(=O)O)Cc1nnc(-c2cc(Br)sc2Br)o1. The first-order valence-corrected chi connectivity index (χ1v) is 7.85.